The summed E-state index contributed by atoms with van der Waals surface area (Å²) in [5, 5.41) is 3.21. The molecule has 2 amide bonds. The van der Waals surface area contributed by atoms with Gasteiger partial charge < -0.3 is 15.0 Å². The molecular formula is C20H18ClF3N2O3. The number of amides is 2. The van der Waals surface area contributed by atoms with Gasteiger partial charge in [0.2, 0.25) is 5.91 Å². The van der Waals surface area contributed by atoms with Gasteiger partial charge in [-0.05, 0) is 61.4 Å². The monoisotopic (exact) mass is 426 g/mol. The van der Waals surface area contributed by atoms with Crippen LogP contribution in [0.4, 0.5) is 18.9 Å². The molecule has 0 unspecified atom stereocenters. The second-order valence-corrected chi connectivity index (χ2v) is 7.10. The van der Waals surface area contributed by atoms with Gasteiger partial charge in [-0.15, -0.1) is 13.2 Å². The van der Waals surface area contributed by atoms with Crippen LogP contribution in [0.25, 0.3) is 0 Å². The lowest BCUT2D eigenvalue weighted by molar-refractivity contribution is -0.274. The second-order valence-electron chi connectivity index (χ2n) is 6.66. The zero-order valence-corrected chi connectivity index (χ0v) is 16.0. The average molecular weight is 427 g/mol. The molecular weight excluding hydrogens is 409 g/mol. The number of hydrogen-bond donors (Lipinski definition) is 1. The molecule has 1 heterocycles. The van der Waals surface area contributed by atoms with Gasteiger partial charge in [-0.25, -0.2) is 0 Å². The summed E-state index contributed by atoms with van der Waals surface area (Å²) >= 11 is 5.84. The van der Waals surface area contributed by atoms with Crippen molar-refractivity contribution in [3.63, 3.8) is 0 Å². The molecule has 0 spiro atoms. The molecule has 1 atom stereocenters. The van der Waals surface area contributed by atoms with Crippen LogP contribution in [-0.4, -0.2) is 36.2 Å². The van der Waals surface area contributed by atoms with Crippen molar-refractivity contribution in [1.29, 1.82) is 0 Å². The molecule has 154 valence electrons. The number of ether oxygens (including phenoxy) is 1. The van der Waals surface area contributed by atoms with E-state index in [0.717, 1.165) is 12.1 Å². The van der Waals surface area contributed by atoms with Crippen LogP contribution in [-0.2, 0) is 4.79 Å². The normalized spacial score (nSPS) is 17.0. The summed E-state index contributed by atoms with van der Waals surface area (Å²) < 4.78 is 40.4. The number of carbonyl (C=O) groups is 2. The summed E-state index contributed by atoms with van der Waals surface area (Å²) in [4.78, 5) is 26.8. The number of rotatable bonds is 4. The Morgan fingerprint density at radius 2 is 1.72 bits per heavy atom. The van der Waals surface area contributed by atoms with E-state index in [2.05, 4.69) is 10.1 Å². The highest BCUT2D eigenvalue weighted by atomic mass is 35.5. The molecule has 2 aromatic carbocycles. The molecule has 1 aliphatic heterocycles. The van der Waals surface area contributed by atoms with E-state index in [1.807, 2.05) is 0 Å². The maximum absolute atomic E-state index is 12.6. The van der Waals surface area contributed by atoms with E-state index in [4.69, 9.17) is 11.6 Å². The Morgan fingerprint density at radius 3 is 2.34 bits per heavy atom. The van der Waals surface area contributed by atoms with Gasteiger partial charge in [-0.2, -0.15) is 0 Å². The Balaban J connectivity index is 1.59. The molecule has 0 radical (unpaired) electrons. The van der Waals surface area contributed by atoms with Crippen molar-refractivity contribution in [2.75, 3.05) is 18.4 Å². The van der Waals surface area contributed by atoms with Gasteiger partial charge in [-0.3, -0.25) is 9.59 Å². The summed E-state index contributed by atoms with van der Waals surface area (Å²) in [6.07, 6.45) is -3.48. The summed E-state index contributed by atoms with van der Waals surface area (Å²) in [6.45, 7) is 0.817. The number of carbonyl (C=O) groups excluding carboxylic acids is 2. The lowest BCUT2D eigenvalue weighted by atomic mass is 9.96. The number of alkyl halides is 3. The van der Waals surface area contributed by atoms with Crippen LogP contribution in [0.1, 0.15) is 23.2 Å². The first-order chi connectivity index (χ1) is 13.7. The first-order valence-corrected chi connectivity index (χ1v) is 9.30. The molecule has 1 N–H and O–H groups in total. The molecule has 5 nitrogen and oxygen atoms in total. The smallest absolute Gasteiger partial charge is 0.406 e. The van der Waals surface area contributed by atoms with Crippen LogP contribution in [0.3, 0.4) is 0 Å². The molecule has 2 aromatic rings. The number of likely N-dealkylation sites (tertiary alicyclic amines) is 1. The number of hydrogen-bond acceptors (Lipinski definition) is 3. The maximum atomic E-state index is 12.6. The van der Waals surface area contributed by atoms with Crippen molar-refractivity contribution in [1.82, 2.24) is 4.90 Å². The summed E-state index contributed by atoms with van der Waals surface area (Å²) in [5.74, 6) is -1.24. The van der Waals surface area contributed by atoms with Crippen LogP contribution in [0.15, 0.2) is 48.5 Å². The van der Waals surface area contributed by atoms with Crippen molar-refractivity contribution in [2.24, 2.45) is 5.92 Å². The molecule has 0 bridgehead atoms. The van der Waals surface area contributed by atoms with Crippen LogP contribution in [0.2, 0.25) is 5.02 Å². The van der Waals surface area contributed by atoms with Gasteiger partial charge in [0.25, 0.3) is 5.91 Å². The Hall–Kier alpha value is -2.74. The van der Waals surface area contributed by atoms with Gasteiger partial charge in [0.15, 0.2) is 0 Å². The second kappa shape index (κ2) is 8.73. The van der Waals surface area contributed by atoms with Crippen LogP contribution in [0.5, 0.6) is 5.75 Å². The van der Waals surface area contributed by atoms with E-state index >= 15 is 0 Å². The molecule has 1 fully saturated rings. The molecule has 9 heteroatoms. The average Bonchev–Trinajstić information content (AvgIpc) is 2.68. The van der Waals surface area contributed by atoms with Crippen LogP contribution in [0, 0.1) is 5.92 Å². The highest BCUT2D eigenvalue weighted by molar-refractivity contribution is 6.30. The van der Waals surface area contributed by atoms with Gasteiger partial charge in [0.05, 0.1) is 5.92 Å². The maximum Gasteiger partial charge on any atom is 0.573 e. The van der Waals surface area contributed by atoms with E-state index in [0.29, 0.717) is 35.7 Å². The van der Waals surface area contributed by atoms with Crippen molar-refractivity contribution < 1.29 is 27.5 Å². The van der Waals surface area contributed by atoms with Crippen molar-refractivity contribution in [3.05, 3.63) is 59.1 Å². The molecule has 0 saturated carbocycles. The largest absolute Gasteiger partial charge is 0.573 e. The van der Waals surface area contributed by atoms with Crippen molar-refractivity contribution in [2.45, 2.75) is 19.2 Å². The van der Waals surface area contributed by atoms with Crippen LogP contribution >= 0.6 is 11.6 Å². The zero-order chi connectivity index (χ0) is 21.0. The van der Waals surface area contributed by atoms with Gasteiger partial charge in [0.1, 0.15) is 5.75 Å². The standard InChI is InChI=1S/C20H18ClF3N2O3/c21-15-5-3-13(4-6-15)19(28)26-11-1-2-14(12-26)18(27)25-16-7-9-17(10-8-16)29-20(22,23)24/h3-10,14H,1-2,11-12H2,(H,25,27)/t14-/m0/s1. The SMILES string of the molecule is O=C(Nc1ccc(OC(F)(F)F)cc1)[C@H]1CCCN(C(=O)c2ccc(Cl)cc2)C1. The van der Waals surface area contributed by atoms with Gasteiger partial charge >= 0.3 is 6.36 Å². The van der Waals surface area contributed by atoms with Crippen molar-refractivity contribution in [3.8, 4) is 5.75 Å². The topological polar surface area (TPSA) is 58.6 Å². The third kappa shape index (κ3) is 5.87. The zero-order valence-electron chi connectivity index (χ0n) is 15.2. The summed E-state index contributed by atoms with van der Waals surface area (Å²) in [5.41, 5.74) is 0.849. The van der Waals surface area contributed by atoms with E-state index in [1.54, 1.807) is 29.2 Å². The lowest BCUT2D eigenvalue weighted by Gasteiger charge is -2.32. The molecule has 3 rings (SSSR count). The number of benzene rings is 2. The van der Waals surface area contributed by atoms with E-state index in [9.17, 15) is 22.8 Å². The minimum absolute atomic E-state index is 0.173. The van der Waals surface area contributed by atoms with Gasteiger partial charge in [-0.1, -0.05) is 11.6 Å². The van der Waals surface area contributed by atoms with E-state index in [1.165, 1.54) is 12.1 Å². The number of nitrogens with zero attached hydrogens (tertiary/aromatic N) is 1. The number of piperidine rings is 1. The van der Waals surface area contributed by atoms with E-state index < -0.39 is 12.3 Å². The molecule has 1 saturated heterocycles. The molecule has 0 aromatic heterocycles. The predicted molar refractivity (Wildman–Crippen MR) is 102 cm³/mol. The number of anilines is 1. The van der Waals surface area contributed by atoms with Crippen LogP contribution < -0.4 is 10.1 Å². The summed E-state index contributed by atoms with van der Waals surface area (Å²) in [7, 11) is 0. The Bertz CT molecular complexity index is 870. The quantitative estimate of drug-likeness (QED) is 0.769. The molecule has 29 heavy (non-hydrogen) atoms. The van der Waals surface area contributed by atoms with Gasteiger partial charge in [0, 0.05) is 29.4 Å². The first-order valence-electron chi connectivity index (χ1n) is 8.93. The minimum Gasteiger partial charge on any atom is -0.406 e. The molecule has 0 aliphatic carbocycles. The number of halogens is 4. The fraction of sp³-hybridized carbons (Fsp3) is 0.300. The Labute approximate surface area is 170 Å². The number of nitrogens with one attached hydrogen (secondary N) is 1. The lowest BCUT2D eigenvalue weighted by Crippen LogP contribution is -2.43. The minimum atomic E-state index is -4.77. The van der Waals surface area contributed by atoms with E-state index in [-0.39, 0.29) is 24.1 Å². The fourth-order valence-corrected chi connectivity index (χ4v) is 3.26. The fourth-order valence-electron chi connectivity index (χ4n) is 3.13. The highest BCUT2D eigenvalue weighted by Crippen LogP contribution is 2.25. The molecule has 1 aliphatic rings. The third-order valence-electron chi connectivity index (χ3n) is 4.53. The Kier molecular flexibility index (Phi) is 6.32. The highest BCUT2D eigenvalue weighted by Gasteiger charge is 2.31. The Morgan fingerprint density at radius 1 is 1.07 bits per heavy atom. The predicted octanol–water partition coefficient (Wildman–Crippen LogP) is 4.73. The third-order valence-corrected chi connectivity index (χ3v) is 4.78. The van der Waals surface area contributed by atoms with Crippen molar-refractivity contribution >= 4 is 29.1 Å². The summed E-state index contributed by atoms with van der Waals surface area (Å²) in [6, 6.07) is 11.5. The first kappa shape index (κ1) is 21.0.